The van der Waals surface area contributed by atoms with Gasteiger partial charge in [-0.25, -0.2) is 0 Å². The van der Waals surface area contributed by atoms with Gasteiger partial charge in [-0.3, -0.25) is 5.10 Å². The molecule has 0 radical (unpaired) electrons. The molecular formula is C13H17N3O. The molecule has 1 aromatic heterocycles. The van der Waals surface area contributed by atoms with Gasteiger partial charge in [0.05, 0.1) is 12.3 Å². The zero-order valence-corrected chi connectivity index (χ0v) is 9.94. The highest BCUT2D eigenvalue weighted by Gasteiger charge is 1.98. The predicted octanol–water partition coefficient (Wildman–Crippen LogP) is 1.81. The van der Waals surface area contributed by atoms with Crippen molar-refractivity contribution >= 4 is 0 Å². The molecule has 0 fully saturated rings. The molecular weight excluding hydrogens is 214 g/mol. The summed E-state index contributed by atoms with van der Waals surface area (Å²) in [6.45, 7) is 2.48. The molecule has 0 bridgehead atoms. The minimum Gasteiger partial charge on any atom is -0.383 e. The van der Waals surface area contributed by atoms with Crippen LogP contribution in [0.5, 0.6) is 0 Å². The summed E-state index contributed by atoms with van der Waals surface area (Å²) >= 11 is 0. The monoisotopic (exact) mass is 231 g/mol. The van der Waals surface area contributed by atoms with Gasteiger partial charge in [-0.15, -0.1) is 0 Å². The number of hydrogen-bond acceptors (Lipinski definition) is 3. The van der Waals surface area contributed by atoms with Crippen molar-refractivity contribution in [2.45, 2.75) is 6.54 Å². The lowest BCUT2D eigenvalue weighted by Gasteiger charge is -2.05. The summed E-state index contributed by atoms with van der Waals surface area (Å²) in [6.07, 6.45) is 1.76. The fourth-order valence-corrected chi connectivity index (χ4v) is 1.63. The molecule has 0 aliphatic rings. The van der Waals surface area contributed by atoms with Crippen molar-refractivity contribution < 1.29 is 4.74 Å². The van der Waals surface area contributed by atoms with E-state index in [1.165, 1.54) is 5.56 Å². The standard InChI is InChI=1S/C13H17N3O/c1-17-9-8-14-10-11-2-4-12(5-3-11)13-6-7-15-16-13/h2-7,14H,8-10H2,1H3,(H,15,16). The second kappa shape index (κ2) is 6.18. The summed E-state index contributed by atoms with van der Waals surface area (Å²) in [5.41, 5.74) is 3.47. The minimum atomic E-state index is 0.742. The van der Waals surface area contributed by atoms with Gasteiger partial charge in [0, 0.05) is 26.4 Å². The number of ether oxygens (including phenoxy) is 1. The smallest absolute Gasteiger partial charge is 0.0650 e. The van der Waals surface area contributed by atoms with Crippen molar-refractivity contribution in [3.05, 3.63) is 42.1 Å². The van der Waals surface area contributed by atoms with E-state index in [4.69, 9.17) is 4.74 Å². The largest absolute Gasteiger partial charge is 0.383 e. The molecule has 0 saturated carbocycles. The van der Waals surface area contributed by atoms with Crippen LogP contribution in [0, 0.1) is 0 Å². The van der Waals surface area contributed by atoms with E-state index >= 15 is 0 Å². The van der Waals surface area contributed by atoms with Crippen LogP contribution < -0.4 is 5.32 Å². The van der Waals surface area contributed by atoms with Crippen molar-refractivity contribution in [1.29, 1.82) is 0 Å². The number of H-pyrrole nitrogens is 1. The maximum absolute atomic E-state index is 4.97. The molecule has 17 heavy (non-hydrogen) atoms. The van der Waals surface area contributed by atoms with Crippen LogP contribution >= 0.6 is 0 Å². The molecule has 1 aromatic carbocycles. The van der Waals surface area contributed by atoms with Gasteiger partial charge in [0.1, 0.15) is 0 Å². The van der Waals surface area contributed by atoms with Gasteiger partial charge < -0.3 is 10.1 Å². The van der Waals surface area contributed by atoms with Crippen LogP contribution in [0.3, 0.4) is 0 Å². The fraction of sp³-hybridized carbons (Fsp3) is 0.308. The van der Waals surface area contributed by atoms with Crippen LogP contribution in [0.1, 0.15) is 5.56 Å². The van der Waals surface area contributed by atoms with Crippen LogP contribution in [-0.2, 0) is 11.3 Å². The molecule has 0 spiro atoms. The first-order valence-corrected chi connectivity index (χ1v) is 5.68. The second-order valence-electron chi connectivity index (χ2n) is 3.84. The Morgan fingerprint density at radius 3 is 2.71 bits per heavy atom. The Morgan fingerprint density at radius 1 is 1.24 bits per heavy atom. The lowest BCUT2D eigenvalue weighted by Crippen LogP contribution is -2.18. The third-order valence-electron chi connectivity index (χ3n) is 2.58. The normalized spacial score (nSPS) is 10.6. The van der Waals surface area contributed by atoms with Gasteiger partial charge in [0.15, 0.2) is 0 Å². The molecule has 2 N–H and O–H groups in total. The van der Waals surface area contributed by atoms with E-state index in [1.807, 2.05) is 6.07 Å². The van der Waals surface area contributed by atoms with E-state index in [1.54, 1.807) is 13.3 Å². The average molecular weight is 231 g/mol. The van der Waals surface area contributed by atoms with Gasteiger partial charge in [-0.2, -0.15) is 5.10 Å². The molecule has 4 nitrogen and oxygen atoms in total. The van der Waals surface area contributed by atoms with Gasteiger partial charge in [0.25, 0.3) is 0 Å². The highest BCUT2D eigenvalue weighted by Crippen LogP contribution is 2.16. The van der Waals surface area contributed by atoms with Gasteiger partial charge >= 0.3 is 0 Å². The number of nitrogens with one attached hydrogen (secondary N) is 2. The first kappa shape index (κ1) is 11.8. The van der Waals surface area contributed by atoms with Crippen LogP contribution in [-0.4, -0.2) is 30.5 Å². The summed E-state index contributed by atoms with van der Waals surface area (Å²) in [5.74, 6) is 0. The summed E-state index contributed by atoms with van der Waals surface area (Å²) < 4.78 is 4.97. The molecule has 2 aromatic rings. The maximum Gasteiger partial charge on any atom is 0.0650 e. The molecule has 0 unspecified atom stereocenters. The van der Waals surface area contributed by atoms with Gasteiger partial charge in [0.2, 0.25) is 0 Å². The number of rotatable bonds is 6. The van der Waals surface area contributed by atoms with Crippen LogP contribution in [0.2, 0.25) is 0 Å². The Balaban J connectivity index is 1.90. The van der Waals surface area contributed by atoms with E-state index in [0.29, 0.717) is 0 Å². The molecule has 90 valence electrons. The van der Waals surface area contributed by atoms with Crippen LogP contribution in [0.15, 0.2) is 36.5 Å². The molecule has 2 rings (SSSR count). The topological polar surface area (TPSA) is 49.9 Å². The van der Waals surface area contributed by atoms with Crippen molar-refractivity contribution in [2.75, 3.05) is 20.3 Å². The fourth-order valence-electron chi connectivity index (χ4n) is 1.63. The maximum atomic E-state index is 4.97. The first-order valence-electron chi connectivity index (χ1n) is 5.68. The Kier molecular flexibility index (Phi) is 4.30. The third kappa shape index (κ3) is 3.41. The molecule has 0 saturated heterocycles. The molecule has 0 aliphatic carbocycles. The van der Waals surface area contributed by atoms with Crippen molar-refractivity contribution in [1.82, 2.24) is 15.5 Å². The number of aromatic amines is 1. The summed E-state index contributed by atoms with van der Waals surface area (Å²) in [4.78, 5) is 0. The summed E-state index contributed by atoms with van der Waals surface area (Å²) in [7, 11) is 1.71. The molecule has 0 aliphatic heterocycles. The quantitative estimate of drug-likeness (QED) is 0.745. The number of benzene rings is 1. The van der Waals surface area contributed by atoms with Crippen molar-refractivity contribution in [3.8, 4) is 11.3 Å². The van der Waals surface area contributed by atoms with E-state index in [-0.39, 0.29) is 0 Å². The molecule has 4 heteroatoms. The van der Waals surface area contributed by atoms with Gasteiger partial charge in [-0.05, 0) is 17.2 Å². The number of aromatic nitrogens is 2. The zero-order valence-electron chi connectivity index (χ0n) is 9.94. The van der Waals surface area contributed by atoms with Crippen molar-refractivity contribution in [2.24, 2.45) is 0 Å². The average Bonchev–Trinajstić information content (AvgIpc) is 2.89. The Labute approximate surface area is 101 Å². The Hall–Kier alpha value is -1.65. The Bertz CT molecular complexity index is 422. The van der Waals surface area contributed by atoms with E-state index in [2.05, 4.69) is 39.8 Å². The number of hydrogen-bond donors (Lipinski definition) is 2. The lowest BCUT2D eigenvalue weighted by atomic mass is 10.1. The number of methoxy groups -OCH3 is 1. The first-order chi connectivity index (χ1) is 8.40. The predicted molar refractivity (Wildman–Crippen MR) is 67.6 cm³/mol. The highest BCUT2D eigenvalue weighted by molar-refractivity contribution is 5.58. The number of nitrogens with zero attached hydrogens (tertiary/aromatic N) is 1. The second-order valence-corrected chi connectivity index (χ2v) is 3.84. The lowest BCUT2D eigenvalue weighted by molar-refractivity contribution is 0.199. The molecule has 0 atom stereocenters. The SMILES string of the molecule is COCCNCc1ccc(-c2ccn[nH]2)cc1. The van der Waals surface area contributed by atoms with Gasteiger partial charge in [-0.1, -0.05) is 24.3 Å². The zero-order chi connectivity index (χ0) is 11.9. The third-order valence-corrected chi connectivity index (χ3v) is 2.58. The molecule has 1 heterocycles. The Morgan fingerprint density at radius 2 is 2.06 bits per heavy atom. The van der Waals surface area contributed by atoms with Crippen LogP contribution in [0.25, 0.3) is 11.3 Å². The van der Waals surface area contributed by atoms with E-state index < -0.39 is 0 Å². The van der Waals surface area contributed by atoms with Crippen LogP contribution in [0.4, 0.5) is 0 Å². The summed E-state index contributed by atoms with van der Waals surface area (Å²) in [5, 5.41) is 10.2. The van der Waals surface area contributed by atoms with E-state index in [9.17, 15) is 0 Å². The highest BCUT2D eigenvalue weighted by atomic mass is 16.5. The van der Waals surface area contributed by atoms with Crippen molar-refractivity contribution in [3.63, 3.8) is 0 Å². The summed E-state index contributed by atoms with van der Waals surface area (Å²) in [6, 6.07) is 10.4. The van der Waals surface area contributed by atoms with E-state index in [0.717, 1.165) is 31.0 Å². The minimum absolute atomic E-state index is 0.742. The molecule has 0 amide bonds.